The van der Waals surface area contributed by atoms with E-state index in [0.29, 0.717) is 32.8 Å². The van der Waals surface area contributed by atoms with Gasteiger partial charge in [0.25, 0.3) is 11.7 Å². The number of amides is 1. The number of methoxy groups -OCH3 is 2. The minimum absolute atomic E-state index is 0.0531. The normalized spacial score (nSPS) is 31.9. The highest BCUT2D eigenvalue weighted by atomic mass is 16.7. The first-order chi connectivity index (χ1) is 30.2. The number of anilines is 1. The maximum absolute atomic E-state index is 14.5. The van der Waals surface area contributed by atoms with Crippen LogP contribution in [0.25, 0.3) is 10.8 Å². The number of esters is 1. The van der Waals surface area contributed by atoms with Gasteiger partial charge in [-0.15, -0.1) is 0 Å². The van der Waals surface area contributed by atoms with E-state index in [1.54, 1.807) is 52.0 Å². The molecule has 2 aromatic carbocycles. The standard InChI is InChI=1S/C47H66N4O13/c1-24-13-12-14-25(2)46(59)49-37-32(23-48-51-18-16-50(17-19-51)20-22-60-10)41(56)34-35(42(37)57)40(55)30(7)44-36(34)45(58)47(9,64-44)62-21-15-33(61-11)27(4)43(63-31(8)52)29(6)39(54)28(5)38(53)26(24)3/h12-15,21,23-24,26-29,33,38-39,43,53-57H,16-20,22H2,1-11H3,(H,49,59)/b13-12+,21-15+,25-14-,48-23+/t24-,26+,27-,28-,29-,33+,38+,39-,43-,47+/m1/s1. The molecule has 0 unspecified atom stereocenters. The van der Waals surface area contributed by atoms with Crippen LogP contribution in [0.4, 0.5) is 5.69 Å². The summed E-state index contributed by atoms with van der Waals surface area (Å²) in [7, 11) is 3.08. The number of aliphatic hydroxyl groups excluding tert-OH is 2. The second-order valence-electron chi connectivity index (χ2n) is 17.5. The maximum atomic E-state index is 14.5. The van der Waals surface area contributed by atoms with E-state index in [9.17, 15) is 39.9 Å². The van der Waals surface area contributed by atoms with Crippen molar-refractivity contribution in [3.05, 3.63) is 52.8 Å². The van der Waals surface area contributed by atoms with E-state index < -0.39 is 82.9 Å². The minimum Gasteiger partial charge on any atom is -0.507 e. The Morgan fingerprint density at radius 1 is 0.922 bits per heavy atom. The fourth-order valence-corrected chi connectivity index (χ4v) is 8.68. The molecule has 6 rings (SSSR count). The van der Waals surface area contributed by atoms with Crippen LogP contribution in [0.3, 0.4) is 0 Å². The number of hydrogen-bond acceptors (Lipinski definition) is 16. The van der Waals surface area contributed by atoms with Gasteiger partial charge in [0.1, 0.15) is 23.4 Å². The minimum atomic E-state index is -2.06. The number of carbonyl (C=O) groups is 3. The summed E-state index contributed by atoms with van der Waals surface area (Å²) in [5.74, 6) is -8.42. The van der Waals surface area contributed by atoms with Crippen LogP contribution in [0.15, 0.2) is 41.2 Å². The van der Waals surface area contributed by atoms with E-state index in [1.165, 1.54) is 46.4 Å². The lowest BCUT2D eigenvalue weighted by Gasteiger charge is -2.38. The first kappa shape index (κ1) is 49.8. The number of hydrazone groups is 1. The molecule has 64 heavy (non-hydrogen) atoms. The van der Waals surface area contributed by atoms with Gasteiger partial charge in [0.2, 0.25) is 0 Å². The van der Waals surface area contributed by atoms with Crippen LogP contribution in [0.2, 0.25) is 0 Å². The van der Waals surface area contributed by atoms with Crippen molar-refractivity contribution in [2.45, 2.75) is 92.5 Å². The van der Waals surface area contributed by atoms with E-state index in [4.69, 9.17) is 23.7 Å². The van der Waals surface area contributed by atoms with Crippen LogP contribution in [-0.4, -0.2) is 143 Å². The summed E-state index contributed by atoms with van der Waals surface area (Å²) in [6.45, 7) is 18.4. The first-order valence-electron chi connectivity index (χ1n) is 21.8. The predicted molar refractivity (Wildman–Crippen MR) is 240 cm³/mol. The predicted octanol–water partition coefficient (Wildman–Crippen LogP) is 4.99. The molecule has 1 fully saturated rings. The number of carbonyl (C=O) groups excluding carboxylic acids is 3. The van der Waals surface area contributed by atoms with Crippen LogP contribution < -0.4 is 10.1 Å². The number of allylic oxidation sites excluding steroid dienone is 3. The van der Waals surface area contributed by atoms with Gasteiger partial charge >= 0.3 is 11.8 Å². The number of nitrogens with zero attached hydrogens (tertiary/aromatic N) is 3. The van der Waals surface area contributed by atoms with E-state index in [0.717, 1.165) is 6.54 Å². The molecule has 4 aliphatic heterocycles. The summed E-state index contributed by atoms with van der Waals surface area (Å²) in [6, 6.07) is 0. The van der Waals surface area contributed by atoms with Crippen LogP contribution in [0, 0.1) is 36.5 Å². The molecule has 352 valence electrons. The number of piperazine rings is 1. The average molecular weight is 895 g/mol. The number of ether oxygens (including phenoxy) is 5. The number of phenolic OH excluding ortho intramolecular Hbond substituents is 3. The van der Waals surface area contributed by atoms with Gasteiger partial charge in [-0.2, -0.15) is 5.10 Å². The summed E-state index contributed by atoms with van der Waals surface area (Å²) < 4.78 is 29.0. The van der Waals surface area contributed by atoms with Crippen molar-refractivity contribution in [1.29, 1.82) is 0 Å². The molecular formula is C47H66N4O13. The molecule has 1 saturated heterocycles. The molecule has 0 saturated carbocycles. The number of benzene rings is 2. The monoisotopic (exact) mass is 894 g/mol. The Balaban J connectivity index is 1.67. The molecule has 6 N–H and O–H groups in total. The molecule has 2 aromatic rings. The molecule has 0 radical (unpaired) electrons. The number of Topliss-reactive ketones (excluding diaryl/α,β-unsaturated/α-hetero) is 1. The van der Waals surface area contributed by atoms with Gasteiger partial charge in [-0.25, -0.2) is 0 Å². The van der Waals surface area contributed by atoms with Gasteiger partial charge in [0.15, 0.2) is 5.75 Å². The lowest BCUT2D eigenvalue weighted by atomic mass is 9.76. The highest BCUT2D eigenvalue weighted by Crippen LogP contribution is 2.55. The number of fused-ring (bicyclic) bond motifs is 15. The molecule has 0 aromatic heterocycles. The smallest absolute Gasteiger partial charge is 0.312 e. The zero-order valence-corrected chi connectivity index (χ0v) is 38.7. The highest BCUT2D eigenvalue weighted by molar-refractivity contribution is 6.23. The molecule has 10 atom stereocenters. The summed E-state index contributed by atoms with van der Waals surface area (Å²) in [5.41, 5.74) is -0.330. The Bertz CT molecular complexity index is 2180. The molecule has 0 spiro atoms. The van der Waals surface area contributed by atoms with Crippen LogP contribution in [0.5, 0.6) is 23.0 Å². The number of hydrogen-bond donors (Lipinski definition) is 6. The second-order valence-corrected chi connectivity index (χ2v) is 17.5. The summed E-state index contributed by atoms with van der Waals surface area (Å²) in [4.78, 5) is 43.1. The number of aromatic hydroxyl groups is 3. The maximum Gasteiger partial charge on any atom is 0.312 e. The van der Waals surface area contributed by atoms with Crippen LogP contribution in [-0.2, 0) is 28.5 Å². The topological polar surface area (TPSA) is 229 Å². The van der Waals surface area contributed by atoms with Crippen LogP contribution in [0.1, 0.15) is 76.9 Å². The van der Waals surface area contributed by atoms with E-state index >= 15 is 0 Å². The molecule has 1 amide bonds. The number of ketones is 1. The SMILES string of the molecule is COCCN1CCN(/N=C/c2c3c(O)c4c(O)c(C)c5c(c4c2O)C(=O)[C@@](C)(O/C=C/[C@H](OC)[C@@H](C)[C@@H](OC(C)=O)[C@H](C)[C@H](O)[C@H](C)[C@@H](O)[C@@H](C)[C@H](C)/C=C/C=C(/C)C(=O)N3)O5)CC1. The Labute approximate surface area is 374 Å². The van der Waals surface area contributed by atoms with Gasteiger partial charge < -0.3 is 54.5 Å². The molecule has 5 bridgehead atoms. The van der Waals surface area contributed by atoms with Gasteiger partial charge in [-0.05, 0) is 31.8 Å². The van der Waals surface area contributed by atoms with Gasteiger partial charge in [-0.3, -0.25) is 24.3 Å². The van der Waals surface area contributed by atoms with Gasteiger partial charge in [0, 0.05) is 95.1 Å². The van der Waals surface area contributed by atoms with Crippen molar-refractivity contribution in [2.24, 2.45) is 34.7 Å². The molecule has 4 heterocycles. The van der Waals surface area contributed by atoms with Crippen LogP contribution >= 0.6 is 0 Å². The van der Waals surface area contributed by atoms with Crippen molar-refractivity contribution >= 4 is 40.3 Å². The quantitative estimate of drug-likeness (QED) is 0.0932. The summed E-state index contributed by atoms with van der Waals surface area (Å²) >= 11 is 0. The fourth-order valence-electron chi connectivity index (χ4n) is 8.68. The number of rotatable bonds is 7. The fraction of sp³-hybridized carbons (Fsp3) is 0.574. The van der Waals surface area contributed by atoms with Crippen molar-refractivity contribution in [3.63, 3.8) is 0 Å². The molecule has 4 aliphatic rings. The lowest BCUT2D eigenvalue weighted by Crippen LogP contribution is -2.47. The lowest BCUT2D eigenvalue weighted by molar-refractivity contribution is -0.161. The second kappa shape index (κ2) is 20.7. The van der Waals surface area contributed by atoms with Crippen molar-refractivity contribution < 1.29 is 63.6 Å². The Kier molecular flexibility index (Phi) is 16.1. The number of phenols is 3. The van der Waals surface area contributed by atoms with E-state index in [1.807, 2.05) is 19.9 Å². The summed E-state index contributed by atoms with van der Waals surface area (Å²) in [5, 5.41) is 67.6. The molecule has 0 aliphatic carbocycles. The van der Waals surface area contributed by atoms with Crippen molar-refractivity contribution in [2.75, 3.05) is 58.9 Å². The van der Waals surface area contributed by atoms with E-state index in [2.05, 4.69) is 15.3 Å². The third-order valence-corrected chi connectivity index (χ3v) is 13.2. The first-order valence-corrected chi connectivity index (χ1v) is 21.8. The zero-order valence-electron chi connectivity index (χ0n) is 38.7. The largest absolute Gasteiger partial charge is 0.507 e. The Morgan fingerprint density at radius 3 is 2.20 bits per heavy atom. The Hall–Kier alpha value is -5.20. The van der Waals surface area contributed by atoms with Crippen molar-refractivity contribution in [3.8, 4) is 23.0 Å². The number of nitrogens with one attached hydrogen (secondary N) is 1. The summed E-state index contributed by atoms with van der Waals surface area (Å²) in [6.07, 6.45) is 5.23. The Morgan fingerprint density at radius 2 is 1.58 bits per heavy atom. The average Bonchev–Trinajstić information content (AvgIpc) is 3.53. The zero-order chi connectivity index (χ0) is 47.4. The third kappa shape index (κ3) is 10.2. The molecular weight excluding hydrogens is 829 g/mol. The highest BCUT2D eigenvalue weighted by Gasteiger charge is 2.50. The van der Waals surface area contributed by atoms with E-state index in [-0.39, 0.29) is 56.3 Å². The van der Waals surface area contributed by atoms with Gasteiger partial charge in [0.05, 0.1) is 59.6 Å². The van der Waals surface area contributed by atoms with Gasteiger partial charge in [-0.1, -0.05) is 52.8 Å². The molecule has 17 heteroatoms. The number of aliphatic hydroxyl groups is 2. The third-order valence-electron chi connectivity index (χ3n) is 13.2. The van der Waals surface area contributed by atoms with Crippen molar-refractivity contribution in [1.82, 2.24) is 9.91 Å². The molecule has 17 nitrogen and oxygen atoms in total.